The largest absolute Gasteiger partial charge is 0.339 e. The van der Waals surface area contributed by atoms with E-state index in [1.165, 1.54) is 10.5 Å². The summed E-state index contributed by atoms with van der Waals surface area (Å²) in [5, 5.41) is 4.43. The van der Waals surface area contributed by atoms with Crippen LogP contribution in [0.1, 0.15) is 26.3 Å². The lowest BCUT2D eigenvalue weighted by Gasteiger charge is -2.21. The van der Waals surface area contributed by atoms with Crippen molar-refractivity contribution in [2.24, 2.45) is 0 Å². The van der Waals surface area contributed by atoms with Crippen LogP contribution in [0.5, 0.6) is 0 Å². The molecule has 102 valence electrons. The number of halogens is 1. The Morgan fingerprint density at radius 3 is 2.79 bits per heavy atom. The highest BCUT2D eigenvalue weighted by molar-refractivity contribution is 9.10. The minimum absolute atomic E-state index is 0.111. The van der Waals surface area contributed by atoms with Gasteiger partial charge < -0.3 is 10.3 Å². The number of imidazole rings is 1. The van der Waals surface area contributed by atoms with Crippen LogP contribution in [0.4, 0.5) is 0 Å². The first kappa shape index (κ1) is 14.6. The second-order valence-corrected chi connectivity index (χ2v) is 7.30. The van der Waals surface area contributed by atoms with E-state index in [-0.39, 0.29) is 5.54 Å². The van der Waals surface area contributed by atoms with Gasteiger partial charge in [0, 0.05) is 33.8 Å². The summed E-state index contributed by atoms with van der Waals surface area (Å²) in [7, 11) is 0. The average Bonchev–Trinajstić information content (AvgIpc) is 2.79. The molecule has 0 saturated carbocycles. The number of aromatic amines is 1. The molecule has 1 aromatic heterocycles. The van der Waals surface area contributed by atoms with Gasteiger partial charge in [0.25, 0.3) is 0 Å². The summed E-state index contributed by atoms with van der Waals surface area (Å²) < 4.78 is 1.08. The van der Waals surface area contributed by atoms with E-state index in [0.29, 0.717) is 0 Å². The van der Waals surface area contributed by atoms with E-state index in [2.05, 4.69) is 70.2 Å². The lowest BCUT2D eigenvalue weighted by atomic mass is 10.1. The maximum Gasteiger partial charge on any atom is 0.170 e. The highest BCUT2D eigenvalue weighted by Gasteiger charge is 2.12. The van der Waals surface area contributed by atoms with Crippen molar-refractivity contribution in [3.8, 4) is 0 Å². The normalized spacial score (nSPS) is 11.8. The molecule has 0 amide bonds. The molecule has 0 aliphatic carbocycles. The van der Waals surface area contributed by atoms with Gasteiger partial charge in [-0.2, -0.15) is 0 Å². The quantitative estimate of drug-likeness (QED) is 0.876. The van der Waals surface area contributed by atoms with Gasteiger partial charge in [-0.15, -0.1) is 0 Å². The highest BCUT2D eigenvalue weighted by Crippen LogP contribution is 2.30. The minimum atomic E-state index is 0.111. The Labute approximate surface area is 126 Å². The zero-order chi connectivity index (χ0) is 13.9. The first-order valence-corrected chi connectivity index (χ1v) is 7.76. The van der Waals surface area contributed by atoms with Crippen molar-refractivity contribution >= 4 is 27.7 Å². The van der Waals surface area contributed by atoms with Gasteiger partial charge in [0.2, 0.25) is 0 Å². The van der Waals surface area contributed by atoms with Crippen LogP contribution in [0.3, 0.4) is 0 Å². The molecule has 0 bridgehead atoms. The van der Waals surface area contributed by atoms with Crippen molar-refractivity contribution in [1.29, 1.82) is 0 Å². The van der Waals surface area contributed by atoms with Gasteiger partial charge in [0.15, 0.2) is 5.16 Å². The standard InChI is InChI=1S/C14H18BrN3S/c1-14(2,3)18-9-10-4-5-11(15)8-12(10)19-13-16-6-7-17-13/h4-8,18H,9H2,1-3H3,(H,16,17). The van der Waals surface area contributed by atoms with Crippen molar-refractivity contribution in [2.75, 3.05) is 0 Å². The van der Waals surface area contributed by atoms with E-state index in [4.69, 9.17) is 0 Å². The van der Waals surface area contributed by atoms with Gasteiger partial charge in [-0.25, -0.2) is 4.98 Å². The van der Waals surface area contributed by atoms with Gasteiger partial charge in [0.1, 0.15) is 0 Å². The van der Waals surface area contributed by atoms with Crippen molar-refractivity contribution in [1.82, 2.24) is 15.3 Å². The molecule has 0 atom stereocenters. The smallest absolute Gasteiger partial charge is 0.170 e. The molecule has 2 aromatic rings. The van der Waals surface area contributed by atoms with Crippen LogP contribution in [0.25, 0.3) is 0 Å². The lowest BCUT2D eigenvalue weighted by Crippen LogP contribution is -2.35. The van der Waals surface area contributed by atoms with E-state index in [9.17, 15) is 0 Å². The summed E-state index contributed by atoms with van der Waals surface area (Å²) >= 11 is 5.18. The van der Waals surface area contributed by atoms with Gasteiger partial charge in [-0.05, 0) is 38.5 Å². The van der Waals surface area contributed by atoms with E-state index in [0.717, 1.165) is 16.2 Å². The van der Waals surface area contributed by atoms with Crippen LogP contribution in [-0.4, -0.2) is 15.5 Å². The molecule has 0 aliphatic rings. The van der Waals surface area contributed by atoms with E-state index >= 15 is 0 Å². The zero-order valence-corrected chi connectivity index (χ0v) is 13.7. The van der Waals surface area contributed by atoms with Gasteiger partial charge in [0.05, 0.1) is 0 Å². The molecule has 19 heavy (non-hydrogen) atoms. The first-order valence-electron chi connectivity index (χ1n) is 6.15. The Bertz CT molecular complexity index is 532. The van der Waals surface area contributed by atoms with Crippen molar-refractivity contribution in [3.63, 3.8) is 0 Å². The van der Waals surface area contributed by atoms with Crippen LogP contribution in [0.2, 0.25) is 0 Å². The van der Waals surface area contributed by atoms with Crippen LogP contribution in [0.15, 0.2) is 45.1 Å². The number of aromatic nitrogens is 2. The molecule has 2 N–H and O–H groups in total. The molecule has 1 aromatic carbocycles. The predicted octanol–water partition coefficient (Wildman–Crippen LogP) is 4.21. The molecule has 0 radical (unpaired) electrons. The maximum atomic E-state index is 4.26. The molecule has 0 spiro atoms. The van der Waals surface area contributed by atoms with Crippen LogP contribution in [0, 0.1) is 0 Å². The molecule has 1 heterocycles. The number of hydrogen-bond donors (Lipinski definition) is 2. The van der Waals surface area contributed by atoms with Crippen LogP contribution < -0.4 is 5.32 Å². The second kappa shape index (κ2) is 6.11. The van der Waals surface area contributed by atoms with Crippen LogP contribution in [-0.2, 0) is 6.54 Å². The van der Waals surface area contributed by atoms with Gasteiger partial charge in [-0.3, -0.25) is 0 Å². The summed E-state index contributed by atoms with van der Waals surface area (Å²) in [5.74, 6) is 0. The summed E-state index contributed by atoms with van der Waals surface area (Å²) in [6.07, 6.45) is 3.61. The molecule has 3 nitrogen and oxygen atoms in total. The fourth-order valence-corrected chi connectivity index (χ4v) is 2.96. The van der Waals surface area contributed by atoms with E-state index in [1.807, 2.05) is 6.20 Å². The van der Waals surface area contributed by atoms with Crippen LogP contribution >= 0.6 is 27.7 Å². The SMILES string of the molecule is CC(C)(C)NCc1ccc(Br)cc1Sc1ncc[nH]1. The van der Waals surface area contributed by atoms with Gasteiger partial charge >= 0.3 is 0 Å². The monoisotopic (exact) mass is 339 g/mol. The van der Waals surface area contributed by atoms with Crippen molar-refractivity contribution in [3.05, 3.63) is 40.6 Å². The summed E-state index contributed by atoms with van der Waals surface area (Å²) in [6, 6.07) is 6.35. The average molecular weight is 340 g/mol. The fraction of sp³-hybridized carbons (Fsp3) is 0.357. The number of benzene rings is 1. The molecule has 0 fully saturated rings. The summed E-state index contributed by atoms with van der Waals surface area (Å²) in [6.45, 7) is 7.36. The second-order valence-electron chi connectivity index (χ2n) is 5.35. The van der Waals surface area contributed by atoms with Crippen molar-refractivity contribution in [2.45, 2.75) is 42.9 Å². The molecule has 2 rings (SSSR count). The molecular formula is C14H18BrN3S. The number of nitrogens with zero attached hydrogens (tertiary/aromatic N) is 1. The highest BCUT2D eigenvalue weighted by atomic mass is 79.9. The molecular weight excluding hydrogens is 322 g/mol. The van der Waals surface area contributed by atoms with Crippen molar-refractivity contribution < 1.29 is 0 Å². The Kier molecular flexibility index (Phi) is 4.71. The third-order valence-electron chi connectivity index (χ3n) is 2.52. The zero-order valence-electron chi connectivity index (χ0n) is 11.3. The lowest BCUT2D eigenvalue weighted by molar-refractivity contribution is 0.422. The number of nitrogens with one attached hydrogen (secondary N) is 2. The predicted molar refractivity (Wildman–Crippen MR) is 83.4 cm³/mol. The van der Waals surface area contributed by atoms with E-state index < -0.39 is 0 Å². The third-order valence-corrected chi connectivity index (χ3v) is 4.03. The summed E-state index contributed by atoms with van der Waals surface area (Å²) in [5.41, 5.74) is 1.39. The molecule has 5 heteroatoms. The Balaban J connectivity index is 2.18. The molecule has 0 unspecified atom stereocenters. The Morgan fingerprint density at radius 1 is 1.37 bits per heavy atom. The van der Waals surface area contributed by atoms with Gasteiger partial charge in [-0.1, -0.05) is 33.8 Å². The Morgan fingerprint density at radius 2 is 2.16 bits per heavy atom. The molecule has 0 saturated heterocycles. The first-order chi connectivity index (χ1) is 8.94. The number of rotatable bonds is 4. The number of hydrogen-bond acceptors (Lipinski definition) is 3. The third kappa shape index (κ3) is 4.67. The fourth-order valence-electron chi connectivity index (χ4n) is 1.54. The minimum Gasteiger partial charge on any atom is -0.339 e. The summed E-state index contributed by atoms with van der Waals surface area (Å²) in [4.78, 5) is 8.59. The maximum absolute atomic E-state index is 4.26. The van der Waals surface area contributed by atoms with E-state index in [1.54, 1.807) is 18.0 Å². The molecule has 0 aliphatic heterocycles. The Hall–Kier alpha value is -0.780. The topological polar surface area (TPSA) is 40.7 Å². The number of H-pyrrole nitrogens is 1.